The van der Waals surface area contributed by atoms with Crippen LogP contribution in [0.2, 0.25) is 0 Å². The standard InChI is InChI=1S/C21H20N2O5/c1-26-14-5-2-4-13(10-14)22-19(24)17-16-7-8-21(28-16)12-23(20(25)18(17)21)11-15-6-3-9-27-15/h2-10,16-18H,11-12H2,1H3,(H,22,24)/t16-,17-,18-,21+/m1/s1. The van der Waals surface area contributed by atoms with Crippen molar-refractivity contribution >= 4 is 17.5 Å². The first-order valence-corrected chi connectivity index (χ1v) is 9.23. The highest BCUT2D eigenvalue weighted by Crippen LogP contribution is 2.52. The lowest BCUT2D eigenvalue weighted by Crippen LogP contribution is -2.41. The van der Waals surface area contributed by atoms with Gasteiger partial charge in [0.15, 0.2) is 0 Å². The number of methoxy groups -OCH3 is 1. The van der Waals surface area contributed by atoms with E-state index in [1.54, 1.807) is 48.6 Å². The lowest BCUT2D eigenvalue weighted by Gasteiger charge is -2.23. The second-order valence-electron chi connectivity index (χ2n) is 7.39. The van der Waals surface area contributed by atoms with E-state index >= 15 is 0 Å². The topological polar surface area (TPSA) is 81.0 Å². The molecule has 2 saturated heterocycles. The molecule has 0 aliphatic carbocycles. The molecule has 7 heteroatoms. The summed E-state index contributed by atoms with van der Waals surface area (Å²) in [4.78, 5) is 27.9. The van der Waals surface area contributed by atoms with Gasteiger partial charge in [-0.05, 0) is 24.3 Å². The van der Waals surface area contributed by atoms with Crippen LogP contribution in [0.3, 0.4) is 0 Å². The van der Waals surface area contributed by atoms with Crippen LogP contribution in [0.25, 0.3) is 0 Å². The number of fused-ring (bicyclic) bond motifs is 1. The molecular weight excluding hydrogens is 360 g/mol. The SMILES string of the molecule is COc1cccc(NC(=O)[C@@H]2[C@H]3C=C[C@@]4(CN(Cc5ccco5)C(=O)[C@@H]24)O3)c1. The van der Waals surface area contributed by atoms with E-state index in [9.17, 15) is 9.59 Å². The highest BCUT2D eigenvalue weighted by molar-refractivity contribution is 5.99. The molecular formula is C21H20N2O5. The number of carbonyl (C=O) groups is 2. The van der Waals surface area contributed by atoms with Crippen molar-refractivity contribution in [1.29, 1.82) is 0 Å². The fourth-order valence-corrected chi connectivity index (χ4v) is 4.53. The Kier molecular flexibility index (Phi) is 3.80. The summed E-state index contributed by atoms with van der Waals surface area (Å²) in [6, 6.07) is 10.8. The van der Waals surface area contributed by atoms with E-state index in [1.807, 2.05) is 18.2 Å². The fourth-order valence-electron chi connectivity index (χ4n) is 4.53. The van der Waals surface area contributed by atoms with Gasteiger partial charge in [-0.1, -0.05) is 18.2 Å². The molecule has 0 radical (unpaired) electrons. The van der Waals surface area contributed by atoms with Gasteiger partial charge in [0.05, 0.1) is 44.4 Å². The summed E-state index contributed by atoms with van der Waals surface area (Å²) < 4.78 is 16.7. The van der Waals surface area contributed by atoms with E-state index in [0.717, 1.165) is 0 Å². The lowest BCUT2D eigenvalue weighted by molar-refractivity contribution is -0.136. The highest BCUT2D eigenvalue weighted by Gasteiger charge is 2.66. The average Bonchev–Trinajstić information content (AvgIpc) is 3.45. The molecule has 0 unspecified atom stereocenters. The third-order valence-corrected chi connectivity index (χ3v) is 5.75. The van der Waals surface area contributed by atoms with Crippen molar-refractivity contribution in [2.24, 2.45) is 11.8 Å². The maximum atomic E-state index is 13.1. The lowest BCUT2D eigenvalue weighted by atomic mass is 9.77. The number of furan rings is 1. The number of hydrogen-bond donors (Lipinski definition) is 1. The molecule has 144 valence electrons. The summed E-state index contributed by atoms with van der Waals surface area (Å²) in [6.07, 6.45) is 5.04. The third kappa shape index (κ3) is 2.54. The molecule has 3 aliphatic rings. The molecule has 1 N–H and O–H groups in total. The Balaban J connectivity index is 1.38. The summed E-state index contributed by atoms with van der Waals surface area (Å²) in [7, 11) is 1.57. The molecule has 2 fully saturated rings. The van der Waals surface area contributed by atoms with Crippen molar-refractivity contribution < 1.29 is 23.5 Å². The first kappa shape index (κ1) is 17.1. The van der Waals surface area contributed by atoms with Crippen LogP contribution in [0.1, 0.15) is 5.76 Å². The molecule has 3 aliphatic heterocycles. The summed E-state index contributed by atoms with van der Waals surface area (Å²) >= 11 is 0. The minimum Gasteiger partial charge on any atom is -0.497 e. The molecule has 2 bridgehead atoms. The molecule has 4 atom stereocenters. The predicted molar refractivity (Wildman–Crippen MR) is 99.5 cm³/mol. The Morgan fingerprint density at radius 3 is 3.04 bits per heavy atom. The first-order chi connectivity index (χ1) is 13.6. The number of likely N-dealkylation sites (tertiary alicyclic amines) is 1. The number of anilines is 1. The normalized spacial score (nSPS) is 30.0. The van der Waals surface area contributed by atoms with Gasteiger partial charge < -0.3 is 24.1 Å². The number of carbonyl (C=O) groups excluding carboxylic acids is 2. The zero-order valence-corrected chi connectivity index (χ0v) is 15.3. The van der Waals surface area contributed by atoms with Crippen LogP contribution >= 0.6 is 0 Å². The van der Waals surface area contributed by atoms with Crippen LogP contribution < -0.4 is 10.1 Å². The molecule has 0 saturated carbocycles. The number of amides is 2. The van der Waals surface area contributed by atoms with Gasteiger partial charge in [0.25, 0.3) is 0 Å². The Morgan fingerprint density at radius 2 is 2.25 bits per heavy atom. The van der Waals surface area contributed by atoms with Crippen LogP contribution in [-0.4, -0.2) is 42.1 Å². The Morgan fingerprint density at radius 1 is 1.36 bits per heavy atom. The monoisotopic (exact) mass is 380 g/mol. The molecule has 5 rings (SSSR count). The smallest absolute Gasteiger partial charge is 0.231 e. The van der Waals surface area contributed by atoms with Gasteiger partial charge >= 0.3 is 0 Å². The van der Waals surface area contributed by atoms with Gasteiger partial charge in [0.2, 0.25) is 11.8 Å². The van der Waals surface area contributed by atoms with Crippen LogP contribution in [-0.2, 0) is 20.9 Å². The molecule has 2 aromatic rings. The third-order valence-electron chi connectivity index (χ3n) is 5.75. The van der Waals surface area contributed by atoms with Crippen LogP contribution in [0.4, 0.5) is 5.69 Å². The van der Waals surface area contributed by atoms with Crippen molar-refractivity contribution in [2.75, 3.05) is 19.0 Å². The fraction of sp³-hybridized carbons (Fsp3) is 0.333. The molecule has 1 aromatic heterocycles. The number of ether oxygens (including phenoxy) is 2. The second kappa shape index (κ2) is 6.24. The first-order valence-electron chi connectivity index (χ1n) is 9.23. The van der Waals surface area contributed by atoms with E-state index < -0.39 is 17.4 Å². The zero-order chi connectivity index (χ0) is 19.3. The number of benzene rings is 1. The quantitative estimate of drug-likeness (QED) is 0.805. The van der Waals surface area contributed by atoms with Gasteiger partial charge in [-0.3, -0.25) is 9.59 Å². The minimum absolute atomic E-state index is 0.0750. The van der Waals surface area contributed by atoms with Crippen molar-refractivity contribution in [3.8, 4) is 5.75 Å². The van der Waals surface area contributed by atoms with Gasteiger partial charge in [-0.15, -0.1) is 0 Å². The Labute approximate surface area is 161 Å². The van der Waals surface area contributed by atoms with Crippen LogP contribution in [0.15, 0.2) is 59.2 Å². The van der Waals surface area contributed by atoms with Crippen molar-refractivity contribution in [2.45, 2.75) is 18.2 Å². The van der Waals surface area contributed by atoms with E-state index in [1.165, 1.54) is 0 Å². The van der Waals surface area contributed by atoms with Crippen LogP contribution in [0.5, 0.6) is 5.75 Å². The average molecular weight is 380 g/mol. The number of hydrogen-bond acceptors (Lipinski definition) is 5. The van der Waals surface area contributed by atoms with E-state index in [4.69, 9.17) is 13.9 Å². The summed E-state index contributed by atoms with van der Waals surface area (Å²) in [5.74, 6) is -0.0225. The second-order valence-corrected chi connectivity index (χ2v) is 7.39. The van der Waals surface area contributed by atoms with E-state index in [-0.39, 0.29) is 17.9 Å². The van der Waals surface area contributed by atoms with Crippen molar-refractivity contribution in [3.63, 3.8) is 0 Å². The molecule has 7 nitrogen and oxygen atoms in total. The van der Waals surface area contributed by atoms with E-state index in [2.05, 4.69) is 5.32 Å². The largest absolute Gasteiger partial charge is 0.497 e. The maximum absolute atomic E-state index is 13.1. The summed E-state index contributed by atoms with van der Waals surface area (Å²) in [5.41, 5.74) is -0.104. The van der Waals surface area contributed by atoms with Gasteiger partial charge in [0, 0.05) is 11.8 Å². The molecule has 4 heterocycles. The minimum atomic E-state index is -0.731. The molecule has 28 heavy (non-hydrogen) atoms. The van der Waals surface area contributed by atoms with E-state index in [0.29, 0.717) is 30.3 Å². The predicted octanol–water partition coefficient (Wildman–Crippen LogP) is 2.21. The van der Waals surface area contributed by atoms with Gasteiger partial charge in [-0.25, -0.2) is 0 Å². The number of rotatable bonds is 5. The number of nitrogens with one attached hydrogen (secondary N) is 1. The number of nitrogens with zero attached hydrogens (tertiary/aromatic N) is 1. The Hall–Kier alpha value is -3.06. The Bertz CT molecular complexity index is 953. The summed E-state index contributed by atoms with van der Waals surface area (Å²) in [6.45, 7) is 0.795. The van der Waals surface area contributed by atoms with Gasteiger partial charge in [-0.2, -0.15) is 0 Å². The summed E-state index contributed by atoms with van der Waals surface area (Å²) in [5, 5.41) is 2.91. The molecule has 1 aromatic carbocycles. The maximum Gasteiger partial charge on any atom is 0.231 e. The molecule has 1 spiro atoms. The van der Waals surface area contributed by atoms with Crippen molar-refractivity contribution in [1.82, 2.24) is 4.90 Å². The highest BCUT2D eigenvalue weighted by atomic mass is 16.5. The van der Waals surface area contributed by atoms with Gasteiger partial charge in [0.1, 0.15) is 17.1 Å². The molecule has 2 amide bonds. The van der Waals surface area contributed by atoms with Crippen molar-refractivity contribution in [3.05, 3.63) is 60.6 Å². The zero-order valence-electron chi connectivity index (χ0n) is 15.3. The van der Waals surface area contributed by atoms with Crippen LogP contribution in [0, 0.1) is 11.8 Å².